The Balaban J connectivity index is 2.13. The molecule has 1 aromatic heterocycles. The van der Waals surface area contributed by atoms with Crippen molar-refractivity contribution in [1.29, 1.82) is 0 Å². The van der Waals surface area contributed by atoms with Gasteiger partial charge in [0.2, 0.25) is 0 Å². The lowest BCUT2D eigenvalue weighted by Crippen LogP contribution is -2.22. The van der Waals surface area contributed by atoms with E-state index in [2.05, 4.69) is 78.2 Å². The highest BCUT2D eigenvalue weighted by Gasteiger charge is 2.12. The SMILES string of the molecule is CCNC(Cc1ccc(I)cc1)c1ccc(C)s1. The molecule has 1 unspecified atom stereocenters. The first-order valence-corrected chi connectivity index (χ1v) is 8.12. The van der Waals surface area contributed by atoms with Gasteiger partial charge in [-0.1, -0.05) is 19.1 Å². The Labute approximate surface area is 127 Å². The van der Waals surface area contributed by atoms with Crippen molar-refractivity contribution in [2.75, 3.05) is 6.54 Å². The molecule has 2 rings (SSSR count). The molecule has 0 aliphatic heterocycles. The van der Waals surface area contributed by atoms with Crippen LogP contribution in [0.15, 0.2) is 36.4 Å². The van der Waals surface area contributed by atoms with Gasteiger partial charge in [-0.25, -0.2) is 0 Å². The van der Waals surface area contributed by atoms with E-state index in [1.165, 1.54) is 18.9 Å². The Hall–Kier alpha value is -0.390. The summed E-state index contributed by atoms with van der Waals surface area (Å²) in [5, 5.41) is 3.58. The van der Waals surface area contributed by atoms with E-state index in [4.69, 9.17) is 0 Å². The van der Waals surface area contributed by atoms with E-state index in [1.807, 2.05) is 11.3 Å². The minimum atomic E-state index is 0.439. The zero-order valence-corrected chi connectivity index (χ0v) is 13.7. The van der Waals surface area contributed by atoms with Crippen LogP contribution in [0.5, 0.6) is 0 Å². The van der Waals surface area contributed by atoms with Gasteiger partial charge in [0.1, 0.15) is 0 Å². The van der Waals surface area contributed by atoms with Gasteiger partial charge in [0.15, 0.2) is 0 Å². The van der Waals surface area contributed by atoms with Crippen molar-refractivity contribution in [1.82, 2.24) is 5.32 Å². The number of hydrogen-bond acceptors (Lipinski definition) is 2. The Morgan fingerprint density at radius 1 is 1.17 bits per heavy atom. The van der Waals surface area contributed by atoms with E-state index < -0.39 is 0 Å². The molecule has 1 nitrogen and oxygen atoms in total. The fourth-order valence-corrected chi connectivity index (χ4v) is 3.33. The van der Waals surface area contributed by atoms with Gasteiger partial charge in [-0.3, -0.25) is 0 Å². The van der Waals surface area contributed by atoms with E-state index >= 15 is 0 Å². The van der Waals surface area contributed by atoms with Gasteiger partial charge in [-0.05, 0) is 72.3 Å². The van der Waals surface area contributed by atoms with Crippen molar-refractivity contribution >= 4 is 33.9 Å². The van der Waals surface area contributed by atoms with Crippen LogP contribution in [-0.4, -0.2) is 6.54 Å². The van der Waals surface area contributed by atoms with Crippen LogP contribution >= 0.6 is 33.9 Å². The van der Waals surface area contributed by atoms with Crippen molar-refractivity contribution in [3.63, 3.8) is 0 Å². The summed E-state index contributed by atoms with van der Waals surface area (Å²) in [5.41, 5.74) is 1.40. The van der Waals surface area contributed by atoms with E-state index in [0.717, 1.165) is 13.0 Å². The first kappa shape index (κ1) is 14.0. The highest BCUT2D eigenvalue weighted by atomic mass is 127. The first-order chi connectivity index (χ1) is 8.69. The van der Waals surface area contributed by atoms with Crippen molar-refractivity contribution in [2.45, 2.75) is 26.3 Å². The topological polar surface area (TPSA) is 12.0 Å². The lowest BCUT2D eigenvalue weighted by molar-refractivity contribution is 0.558. The summed E-state index contributed by atoms with van der Waals surface area (Å²) in [5.74, 6) is 0. The number of thiophene rings is 1. The molecule has 3 heteroatoms. The van der Waals surface area contributed by atoms with Crippen molar-refractivity contribution < 1.29 is 0 Å². The monoisotopic (exact) mass is 371 g/mol. The van der Waals surface area contributed by atoms with Gasteiger partial charge in [-0.15, -0.1) is 11.3 Å². The summed E-state index contributed by atoms with van der Waals surface area (Å²) in [6, 6.07) is 13.7. The van der Waals surface area contributed by atoms with Crippen LogP contribution in [-0.2, 0) is 6.42 Å². The Morgan fingerprint density at radius 2 is 1.89 bits per heavy atom. The van der Waals surface area contributed by atoms with Crippen molar-refractivity contribution in [2.24, 2.45) is 0 Å². The maximum Gasteiger partial charge on any atom is 0.0455 e. The molecule has 0 spiro atoms. The van der Waals surface area contributed by atoms with Gasteiger partial charge in [0, 0.05) is 19.4 Å². The highest BCUT2D eigenvalue weighted by molar-refractivity contribution is 14.1. The summed E-state index contributed by atoms with van der Waals surface area (Å²) in [6.45, 7) is 5.34. The predicted octanol–water partition coefficient (Wildman–Crippen LogP) is 4.55. The summed E-state index contributed by atoms with van der Waals surface area (Å²) in [4.78, 5) is 2.82. The normalized spacial score (nSPS) is 12.6. The number of rotatable bonds is 5. The predicted molar refractivity (Wildman–Crippen MR) is 88.3 cm³/mol. The molecular weight excluding hydrogens is 353 g/mol. The van der Waals surface area contributed by atoms with Gasteiger partial charge in [-0.2, -0.15) is 0 Å². The van der Waals surface area contributed by atoms with Crippen LogP contribution in [0.1, 0.15) is 28.3 Å². The van der Waals surface area contributed by atoms with Crippen LogP contribution in [0, 0.1) is 10.5 Å². The average molecular weight is 371 g/mol. The standard InChI is InChI=1S/C15H18INS/c1-3-17-14(15-9-4-11(2)18-15)10-12-5-7-13(16)8-6-12/h4-9,14,17H,3,10H2,1-2H3. The first-order valence-electron chi connectivity index (χ1n) is 6.23. The molecule has 1 atom stereocenters. The van der Waals surface area contributed by atoms with Gasteiger partial charge in [0.25, 0.3) is 0 Å². The second-order valence-corrected chi connectivity index (χ2v) is 6.95. The fourth-order valence-electron chi connectivity index (χ4n) is 2.02. The largest absolute Gasteiger partial charge is 0.309 e. The molecule has 0 aliphatic rings. The minimum Gasteiger partial charge on any atom is -0.309 e. The maximum absolute atomic E-state index is 3.58. The molecule has 0 bridgehead atoms. The van der Waals surface area contributed by atoms with Gasteiger partial charge in [0.05, 0.1) is 0 Å². The number of nitrogens with one attached hydrogen (secondary N) is 1. The maximum atomic E-state index is 3.58. The Bertz CT molecular complexity index is 489. The molecule has 0 radical (unpaired) electrons. The second-order valence-electron chi connectivity index (χ2n) is 4.39. The van der Waals surface area contributed by atoms with Gasteiger partial charge >= 0.3 is 0 Å². The van der Waals surface area contributed by atoms with Crippen LogP contribution in [0.4, 0.5) is 0 Å². The summed E-state index contributed by atoms with van der Waals surface area (Å²) in [6.07, 6.45) is 1.06. The van der Waals surface area contributed by atoms with Crippen molar-refractivity contribution in [3.8, 4) is 0 Å². The zero-order valence-electron chi connectivity index (χ0n) is 10.7. The minimum absolute atomic E-state index is 0.439. The highest BCUT2D eigenvalue weighted by Crippen LogP contribution is 2.25. The van der Waals surface area contributed by atoms with E-state index in [1.54, 1.807) is 0 Å². The van der Waals surface area contributed by atoms with Crippen LogP contribution in [0.25, 0.3) is 0 Å². The Kier molecular flexibility index (Phi) is 5.21. The third-order valence-electron chi connectivity index (χ3n) is 2.91. The van der Waals surface area contributed by atoms with E-state index in [0.29, 0.717) is 6.04 Å². The van der Waals surface area contributed by atoms with Gasteiger partial charge < -0.3 is 5.32 Å². The third-order valence-corrected chi connectivity index (χ3v) is 4.74. The lowest BCUT2D eigenvalue weighted by Gasteiger charge is -2.16. The fraction of sp³-hybridized carbons (Fsp3) is 0.333. The average Bonchev–Trinajstić information content (AvgIpc) is 2.78. The summed E-state index contributed by atoms with van der Waals surface area (Å²) >= 11 is 4.24. The molecule has 96 valence electrons. The van der Waals surface area contributed by atoms with E-state index in [-0.39, 0.29) is 0 Å². The molecule has 0 fully saturated rings. The van der Waals surface area contributed by atoms with Crippen molar-refractivity contribution in [3.05, 3.63) is 55.3 Å². The molecule has 1 aromatic carbocycles. The van der Waals surface area contributed by atoms with Crippen LogP contribution < -0.4 is 5.32 Å². The molecule has 0 saturated carbocycles. The van der Waals surface area contributed by atoms with E-state index in [9.17, 15) is 0 Å². The summed E-state index contributed by atoms with van der Waals surface area (Å²) < 4.78 is 1.29. The van der Waals surface area contributed by atoms with Crippen LogP contribution in [0.3, 0.4) is 0 Å². The third kappa shape index (κ3) is 3.80. The number of hydrogen-bond donors (Lipinski definition) is 1. The zero-order chi connectivity index (χ0) is 13.0. The number of aryl methyl sites for hydroxylation is 1. The van der Waals surface area contributed by atoms with Crippen LogP contribution in [0.2, 0.25) is 0 Å². The molecule has 0 saturated heterocycles. The molecule has 0 aliphatic carbocycles. The molecular formula is C15H18INS. The smallest absolute Gasteiger partial charge is 0.0455 e. The Morgan fingerprint density at radius 3 is 2.44 bits per heavy atom. The number of likely N-dealkylation sites (N-methyl/N-ethyl adjacent to an activating group) is 1. The lowest BCUT2D eigenvalue weighted by atomic mass is 10.0. The summed E-state index contributed by atoms with van der Waals surface area (Å²) in [7, 11) is 0. The molecule has 0 amide bonds. The second kappa shape index (κ2) is 6.68. The molecule has 1 N–H and O–H groups in total. The molecule has 18 heavy (non-hydrogen) atoms. The number of halogens is 1. The number of benzene rings is 1. The quantitative estimate of drug-likeness (QED) is 0.761. The molecule has 1 heterocycles. The molecule has 2 aromatic rings.